The molecule has 1 aromatic carbocycles. The molecule has 1 aliphatic rings. The van der Waals surface area contributed by atoms with Gasteiger partial charge < -0.3 is 16.3 Å². The molecular formula is C10H12BrN3OS. The number of thioether (sulfide) groups is 1. The van der Waals surface area contributed by atoms with Crippen LogP contribution in [0.15, 0.2) is 27.8 Å². The topological polar surface area (TPSA) is 73.6 Å². The summed E-state index contributed by atoms with van der Waals surface area (Å²) in [5.74, 6) is 6.77. The van der Waals surface area contributed by atoms with Crippen molar-refractivity contribution in [3.63, 3.8) is 0 Å². The van der Waals surface area contributed by atoms with Crippen LogP contribution >= 0.6 is 27.7 Å². The van der Waals surface area contributed by atoms with Gasteiger partial charge in [0.05, 0.1) is 0 Å². The molecule has 0 radical (unpaired) electrons. The van der Waals surface area contributed by atoms with Crippen LogP contribution in [0.2, 0.25) is 0 Å². The Hall–Kier alpha value is -0.880. The van der Waals surface area contributed by atoms with Gasteiger partial charge in [0.1, 0.15) is 11.9 Å². The highest BCUT2D eigenvalue weighted by Crippen LogP contribution is 2.32. The minimum absolute atomic E-state index is 0.148. The van der Waals surface area contributed by atoms with Crippen molar-refractivity contribution in [3.8, 4) is 5.75 Å². The van der Waals surface area contributed by atoms with E-state index >= 15 is 0 Å². The largest absolute Gasteiger partial charge is 0.489 e. The van der Waals surface area contributed by atoms with Crippen molar-refractivity contribution in [3.05, 3.63) is 28.2 Å². The molecule has 0 saturated heterocycles. The summed E-state index contributed by atoms with van der Waals surface area (Å²) in [5.41, 5.74) is 6.73. The smallest absolute Gasteiger partial charge is 0.177 e. The SMILES string of the molecule is NN=C(N)SCC1Cc2cc(Br)ccc2O1. The standard InChI is InChI=1S/C10H12BrN3OS/c11-7-1-2-9-6(3-7)4-8(15-9)5-16-10(12)14-13/h1-3,8H,4-5,13H2,(H2,12,14). The maximum atomic E-state index is 5.76. The Morgan fingerprint density at radius 1 is 1.62 bits per heavy atom. The molecule has 0 fully saturated rings. The normalized spacial score (nSPS) is 19.3. The first-order valence-corrected chi connectivity index (χ1v) is 6.58. The Labute approximate surface area is 107 Å². The lowest BCUT2D eigenvalue weighted by Gasteiger charge is -2.08. The van der Waals surface area contributed by atoms with Crippen molar-refractivity contribution in [1.82, 2.24) is 0 Å². The Morgan fingerprint density at radius 3 is 3.19 bits per heavy atom. The van der Waals surface area contributed by atoms with Crippen LogP contribution in [0.4, 0.5) is 0 Å². The van der Waals surface area contributed by atoms with E-state index in [0.29, 0.717) is 5.17 Å². The number of ether oxygens (including phenoxy) is 1. The van der Waals surface area contributed by atoms with Crippen molar-refractivity contribution in [1.29, 1.82) is 0 Å². The number of hydrogen-bond acceptors (Lipinski definition) is 4. The number of halogens is 1. The van der Waals surface area contributed by atoms with Crippen LogP contribution in [0.25, 0.3) is 0 Å². The van der Waals surface area contributed by atoms with Gasteiger partial charge in [-0.1, -0.05) is 27.7 Å². The van der Waals surface area contributed by atoms with Crippen LogP contribution in [0, 0.1) is 0 Å². The van der Waals surface area contributed by atoms with Gasteiger partial charge in [-0.2, -0.15) is 5.10 Å². The summed E-state index contributed by atoms with van der Waals surface area (Å²) in [6.07, 6.45) is 1.05. The number of nitrogens with zero attached hydrogens (tertiary/aromatic N) is 1. The molecule has 4 nitrogen and oxygen atoms in total. The van der Waals surface area contributed by atoms with Crippen molar-refractivity contribution < 1.29 is 4.74 Å². The zero-order valence-electron chi connectivity index (χ0n) is 8.52. The zero-order chi connectivity index (χ0) is 11.5. The monoisotopic (exact) mass is 301 g/mol. The van der Waals surface area contributed by atoms with E-state index in [0.717, 1.165) is 22.4 Å². The molecule has 6 heteroatoms. The highest BCUT2D eigenvalue weighted by molar-refractivity contribution is 9.10. The van der Waals surface area contributed by atoms with Gasteiger partial charge in [0, 0.05) is 16.6 Å². The number of rotatable bonds is 2. The first kappa shape index (κ1) is 11.6. The van der Waals surface area contributed by atoms with Gasteiger partial charge in [0.25, 0.3) is 0 Å². The van der Waals surface area contributed by atoms with E-state index in [2.05, 4.69) is 27.1 Å². The quantitative estimate of drug-likeness (QED) is 0.377. The summed E-state index contributed by atoms with van der Waals surface area (Å²) >= 11 is 4.86. The van der Waals surface area contributed by atoms with Crippen LogP contribution in [0.3, 0.4) is 0 Å². The highest BCUT2D eigenvalue weighted by Gasteiger charge is 2.23. The summed E-state index contributed by atoms with van der Waals surface area (Å²) in [4.78, 5) is 0. The molecule has 2 rings (SSSR count). The predicted molar refractivity (Wildman–Crippen MR) is 70.5 cm³/mol. The molecule has 0 spiro atoms. The van der Waals surface area contributed by atoms with Crippen molar-refractivity contribution in [2.45, 2.75) is 12.5 Å². The second-order valence-corrected chi connectivity index (χ2v) is 5.43. The van der Waals surface area contributed by atoms with Crippen molar-refractivity contribution >= 4 is 32.9 Å². The van der Waals surface area contributed by atoms with E-state index in [9.17, 15) is 0 Å². The summed E-state index contributed by atoms with van der Waals surface area (Å²) in [6.45, 7) is 0. The summed E-state index contributed by atoms with van der Waals surface area (Å²) in [7, 11) is 0. The summed E-state index contributed by atoms with van der Waals surface area (Å²) in [6, 6.07) is 6.04. The Kier molecular flexibility index (Phi) is 3.60. The van der Waals surface area contributed by atoms with Gasteiger partial charge in [0.2, 0.25) is 0 Å². The number of benzene rings is 1. The molecule has 16 heavy (non-hydrogen) atoms. The van der Waals surface area contributed by atoms with Gasteiger partial charge in [0.15, 0.2) is 5.17 Å². The third kappa shape index (κ3) is 2.62. The molecule has 1 heterocycles. The highest BCUT2D eigenvalue weighted by atomic mass is 79.9. The maximum Gasteiger partial charge on any atom is 0.177 e. The Morgan fingerprint density at radius 2 is 2.44 bits per heavy atom. The maximum absolute atomic E-state index is 5.76. The van der Waals surface area contributed by atoms with Gasteiger partial charge in [-0.25, -0.2) is 0 Å². The van der Waals surface area contributed by atoms with E-state index in [1.807, 2.05) is 12.1 Å². The van der Waals surface area contributed by atoms with Crippen LogP contribution in [-0.2, 0) is 6.42 Å². The molecule has 1 aromatic rings. The first-order chi connectivity index (χ1) is 7.69. The number of nitrogens with two attached hydrogens (primary N) is 2. The van der Waals surface area contributed by atoms with Crippen molar-refractivity contribution in [2.24, 2.45) is 16.7 Å². The van der Waals surface area contributed by atoms with Gasteiger partial charge in [-0.3, -0.25) is 0 Å². The lowest BCUT2D eigenvalue weighted by Crippen LogP contribution is -2.20. The fourth-order valence-electron chi connectivity index (χ4n) is 1.60. The molecule has 0 bridgehead atoms. The Bertz CT molecular complexity index is 425. The summed E-state index contributed by atoms with van der Waals surface area (Å²) < 4.78 is 6.84. The lowest BCUT2D eigenvalue weighted by molar-refractivity contribution is 0.259. The van der Waals surface area contributed by atoms with Crippen LogP contribution in [0.1, 0.15) is 5.56 Å². The van der Waals surface area contributed by atoms with Crippen LogP contribution in [0.5, 0.6) is 5.75 Å². The molecule has 0 aromatic heterocycles. The number of hydrogen-bond donors (Lipinski definition) is 2. The molecular weight excluding hydrogens is 290 g/mol. The molecule has 86 valence electrons. The van der Waals surface area contributed by atoms with Gasteiger partial charge in [-0.15, -0.1) is 0 Å². The molecule has 1 atom stereocenters. The van der Waals surface area contributed by atoms with E-state index in [1.54, 1.807) is 0 Å². The second kappa shape index (κ2) is 4.97. The fourth-order valence-corrected chi connectivity index (χ4v) is 2.62. The van der Waals surface area contributed by atoms with Crippen LogP contribution in [-0.4, -0.2) is 17.0 Å². The lowest BCUT2D eigenvalue weighted by atomic mass is 10.1. The predicted octanol–water partition coefficient (Wildman–Crippen LogP) is 1.67. The molecule has 4 N–H and O–H groups in total. The average Bonchev–Trinajstić information content (AvgIpc) is 2.67. The molecule has 0 amide bonds. The van der Waals surface area contributed by atoms with Crippen LogP contribution < -0.4 is 16.3 Å². The molecule has 1 unspecified atom stereocenters. The number of amidine groups is 1. The van der Waals surface area contributed by atoms with E-state index in [1.165, 1.54) is 17.3 Å². The van der Waals surface area contributed by atoms with E-state index in [-0.39, 0.29) is 6.10 Å². The van der Waals surface area contributed by atoms with Crippen molar-refractivity contribution in [2.75, 3.05) is 5.75 Å². The second-order valence-electron chi connectivity index (χ2n) is 3.47. The zero-order valence-corrected chi connectivity index (χ0v) is 10.9. The minimum atomic E-state index is 0.148. The van der Waals surface area contributed by atoms with Gasteiger partial charge >= 0.3 is 0 Å². The average molecular weight is 302 g/mol. The third-order valence-corrected chi connectivity index (χ3v) is 3.74. The van der Waals surface area contributed by atoms with E-state index < -0.39 is 0 Å². The fraction of sp³-hybridized carbons (Fsp3) is 0.300. The van der Waals surface area contributed by atoms with E-state index in [4.69, 9.17) is 16.3 Å². The Balaban J connectivity index is 1.95. The third-order valence-electron chi connectivity index (χ3n) is 2.31. The summed E-state index contributed by atoms with van der Waals surface area (Å²) in [5, 5.41) is 3.80. The number of fused-ring (bicyclic) bond motifs is 1. The molecule has 1 aliphatic heterocycles. The molecule has 0 aliphatic carbocycles. The number of hydrazone groups is 1. The minimum Gasteiger partial charge on any atom is -0.489 e. The first-order valence-electron chi connectivity index (χ1n) is 4.80. The molecule has 0 saturated carbocycles. The van der Waals surface area contributed by atoms with Gasteiger partial charge in [-0.05, 0) is 23.8 Å².